The van der Waals surface area contributed by atoms with E-state index < -0.39 is 14.9 Å². The van der Waals surface area contributed by atoms with Crippen LogP contribution in [-0.4, -0.2) is 51.0 Å². The summed E-state index contributed by atoms with van der Waals surface area (Å²) < 4.78 is 6.14. The highest BCUT2D eigenvalue weighted by Crippen LogP contribution is 2.42. The number of benzene rings is 2. The molecular formula is C27H32Cl2N4O3Si. The van der Waals surface area contributed by atoms with Gasteiger partial charge in [0.25, 0.3) is 5.91 Å². The fraction of sp³-hybridized carbons (Fsp3) is 0.370. The molecule has 1 N–H and O–H groups in total. The number of amides is 3. The largest absolute Gasteiger partial charge is 0.415 e. The summed E-state index contributed by atoms with van der Waals surface area (Å²) in [6.45, 7) is 12.1. The quantitative estimate of drug-likeness (QED) is 0.352. The number of urea groups is 1. The van der Waals surface area contributed by atoms with E-state index in [1.165, 1.54) is 0 Å². The molecule has 0 atom stereocenters. The van der Waals surface area contributed by atoms with Gasteiger partial charge in [-0.25, -0.2) is 9.78 Å². The Bertz CT molecular complexity index is 1350. The lowest BCUT2D eigenvalue weighted by molar-refractivity contribution is 0.102. The topological polar surface area (TPSA) is 74.8 Å². The second kappa shape index (κ2) is 10.6. The van der Waals surface area contributed by atoms with E-state index in [-0.39, 0.29) is 27.1 Å². The minimum atomic E-state index is -1.36. The second-order valence-electron chi connectivity index (χ2n) is 10.5. The molecule has 1 aliphatic heterocycles. The second-order valence-corrected chi connectivity index (χ2v) is 13.7. The Morgan fingerprint density at radius 1 is 1.11 bits per heavy atom. The molecule has 7 nitrogen and oxygen atoms in total. The number of hydrogen-bond donors (Lipinski definition) is 1. The predicted octanol–water partition coefficient (Wildman–Crippen LogP) is 6.46. The van der Waals surface area contributed by atoms with Gasteiger partial charge in [-0.05, 0) is 36.7 Å². The molecule has 0 spiro atoms. The standard InChI is InChI=1S/C27H32Cl2N4O3Si/c1-27(2,3)22-20(15-36-37(5)6)30-23-16(24(22)33-14-13-32(4)26(33)35)9-7-12-19(23)31-25(34)21-17(28)10-8-11-18(21)29/h7-12,37H,13-15H2,1-6H3,(H,31,34). The summed E-state index contributed by atoms with van der Waals surface area (Å²) in [6, 6.07) is 10.5. The number of fused-ring (bicyclic) bond motifs is 1. The predicted molar refractivity (Wildman–Crippen MR) is 154 cm³/mol. The number of nitrogens with zero attached hydrogens (tertiary/aromatic N) is 3. The molecule has 0 aliphatic carbocycles. The van der Waals surface area contributed by atoms with Crippen molar-refractivity contribution in [1.82, 2.24) is 9.88 Å². The zero-order chi connectivity index (χ0) is 27.1. The molecule has 0 saturated carbocycles. The molecule has 4 rings (SSSR count). The van der Waals surface area contributed by atoms with Crippen molar-refractivity contribution < 1.29 is 14.0 Å². The van der Waals surface area contributed by atoms with Crippen LogP contribution in [0.4, 0.5) is 16.2 Å². The van der Waals surface area contributed by atoms with Crippen LogP contribution in [0.15, 0.2) is 36.4 Å². The molecule has 3 amide bonds. The highest BCUT2D eigenvalue weighted by Gasteiger charge is 2.35. The molecule has 2 heterocycles. The van der Waals surface area contributed by atoms with Crippen molar-refractivity contribution in [1.29, 1.82) is 0 Å². The van der Waals surface area contributed by atoms with Crippen molar-refractivity contribution >= 4 is 66.5 Å². The Labute approximate surface area is 229 Å². The summed E-state index contributed by atoms with van der Waals surface area (Å²) in [7, 11) is 0.443. The van der Waals surface area contributed by atoms with Crippen LogP contribution in [0.3, 0.4) is 0 Å². The fourth-order valence-electron chi connectivity index (χ4n) is 4.59. The molecule has 10 heteroatoms. The lowest BCUT2D eigenvalue weighted by Crippen LogP contribution is -2.32. The summed E-state index contributed by atoms with van der Waals surface area (Å²) in [5, 5.41) is 4.25. The van der Waals surface area contributed by atoms with Crippen molar-refractivity contribution in [2.45, 2.75) is 45.9 Å². The van der Waals surface area contributed by atoms with Gasteiger partial charge in [0.05, 0.1) is 44.8 Å². The van der Waals surface area contributed by atoms with Gasteiger partial charge in [-0.2, -0.15) is 0 Å². The van der Waals surface area contributed by atoms with Crippen molar-refractivity contribution in [3.05, 3.63) is 63.3 Å². The summed E-state index contributed by atoms with van der Waals surface area (Å²) in [4.78, 5) is 35.1. The molecule has 0 unspecified atom stereocenters. The SMILES string of the molecule is CN1CCN(c2c(C(C)(C)C)c(CO[SiH](C)C)nc3c(NC(=O)c4c(Cl)cccc4Cl)cccc23)C1=O. The monoisotopic (exact) mass is 558 g/mol. The minimum Gasteiger partial charge on any atom is -0.415 e. The van der Waals surface area contributed by atoms with Gasteiger partial charge in [-0.1, -0.05) is 62.2 Å². The summed E-state index contributed by atoms with van der Waals surface area (Å²) in [6.07, 6.45) is 0. The van der Waals surface area contributed by atoms with E-state index in [1.807, 2.05) is 17.0 Å². The number of hydrogen-bond acceptors (Lipinski definition) is 4. The van der Waals surface area contributed by atoms with Gasteiger partial charge in [0, 0.05) is 31.1 Å². The van der Waals surface area contributed by atoms with E-state index in [1.54, 1.807) is 36.2 Å². The maximum Gasteiger partial charge on any atom is 0.324 e. The van der Waals surface area contributed by atoms with E-state index in [4.69, 9.17) is 32.6 Å². The van der Waals surface area contributed by atoms with Gasteiger partial charge in [0.1, 0.15) is 0 Å². The van der Waals surface area contributed by atoms with Gasteiger partial charge >= 0.3 is 6.03 Å². The first-order valence-electron chi connectivity index (χ1n) is 12.3. The first-order chi connectivity index (χ1) is 17.4. The van der Waals surface area contributed by atoms with Crippen LogP contribution in [0.2, 0.25) is 23.1 Å². The molecule has 1 saturated heterocycles. The Balaban J connectivity index is 1.96. The summed E-state index contributed by atoms with van der Waals surface area (Å²) >= 11 is 12.6. The third-order valence-electron chi connectivity index (χ3n) is 6.29. The van der Waals surface area contributed by atoms with Crippen LogP contribution >= 0.6 is 23.2 Å². The average molecular weight is 560 g/mol. The summed E-state index contributed by atoms with van der Waals surface area (Å²) in [5.41, 5.74) is 3.49. The lowest BCUT2D eigenvalue weighted by atomic mass is 9.83. The molecule has 0 radical (unpaired) electrons. The number of carbonyl (C=O) groups is 2. The maximum absolute atomic E-state index is 13.3. The van der Waals surface area contributed by atoms with Crippen LogP contribution in [0.5, 0.6) is 0 Å². The maximum atomic E-state index is 13.3. The third kappa shape index (κ3) is 5.48. The normalized spacial score (nSPS) is 14.2. The molecule has 196 valence electrons. The highest BCUT2D eigenvalue weighted by molar-refractivity contribution is 6.48. The molecule has 1 fully saturated rings. The van der Waals surface area contributed by atoms with Crippen LogP contribution in [0.1, 0.15) is 42.4 Å². The third-order valence-corrected chi connectivity index (χ3v) is 7.75. The molecule has 3 aromatic rings. The number of pyridine rings is 1. The molecular weight excluding hydrogens is 527 g/mol. The van der Waals surface area contributed by atoms with E-state index in [0.717, 1.165) is 22.3 Å². The highest BCUT2D eigenvalue weighted by atomic mass is 35.5. The number of anilines is 2. The van der Waals surface area contributed by atoms with Crippen LogP contribution in [0.25, 0.3) is 10.9 Å². The summed E-state index contributed by atoms with van der Waals surface area (Å²) in [5.74, 6) is -0.435. The molecule has 1 aliphatic rings. The average Bonchev–Trinajstić information content (AvgIpc) is 3.14. The van der Waals surface area contributed by atoms with Crippen LogP contribution in [-0.2, 0) is 16.4 Å². The van der Waals surface area contributed by atoms with Crippen LogP contribution in [0, 0.1) is 0 Å². The Kier molecular flexibility index (Phi) is 7.85. The van der Waals surface area contributed by atoms with Crippen LogP contribution < -0.4 is 10.2 Å². The Morgan fingerprint density at radius 3 is 2.32 bits per heavy atom. The van der Waals surface area contributed by atoms with Crippen molar-refractivity contribution in [3.63, 3.8) is 0 Å². The number of halogens is 2. The molecule has 2 aromatic carbocycles. The number of para-hydroxylation sites is 1. The fourth-order valence-corrected chi connectivity index (χ4v) is 5.65. The first kappa shape index (κ1) is 27.4. The van der Waals surface area contributed by atoms with Crippen molar-refractivity contribution in [3.8, 4) is 0 Å². The minimum absolute atomic E-state index is 0.0691. The van der Waals surface area contributed by atoms with Crippen molar-refractivity contribution in [2.24, 2.45) is 0 Å². The van der Waals surface area contributed by atoms with Gasteiger partial charge in [0.15, 0.2) is 9.04 Å². The number of nitrogens with one attached hydrogen (secondary N) is 1. The van der Waals surface area contributed by atoms with Gasteiger partial charge in [-0.15, -0.1) is 0 Å². The number of carbonyl (C=O) groups excluding carboxylic acids is 2. The Hall–Kier alpha value is -2.65. The molecule has 0 bridgehead atoms. The lowest BCUT2D eigenvalue weighted by Gasteiger charge is -2.31. The van der Waals surface area contributed by atoms with E-state index in [9.17, 15) is 9.59 Å². The zero-order valence-corrected chi connectivity index (χ0v) is 24.7. The smallest absolute Gasteiger partial charge is 0.324 e. The molecule has 1 aromatic heterocycles. The molecule has 37 heavy (non-hydrogen) atoms. The number of likely N-dealkylation sites (N-methyl/N-ethyl adjacent to an activating group) is 1. The zero-order valence-electron chi connectivity index (χ0n) is 22.0. The first-order valence-corrected chi connectivity index (χ1v) is 15.8. The Morgan fingerprint density at radius 2 is 1.76 bits per heavy atom. The van der Waals surface area contributed by atoms with E-state index in [2.05, 4.69) is 39.2 Å². The van der Waals surface area contributed by atoms with Gasteiger partial charge in [-0.3, -0.25) is 9.69 Å². The van der Waals surface area contributed by atoms with Gasteiger partial charge < -0.3 is 14.6 Å². The van der Waals surface area contributed by atoms with Crippen molar-refractivity contribution in [2.75, 3.05) is 30.4 Å². The number of aromatic nitrogens is 1. The van der Waals surface area contributed by atoms with E-state index >= 15 is 0 Å². The van der Waals surface area contributed by atoms with Gasteiger partial charge in [0.2, 0.25) is 0 Å². The number of rotatable bonds is 6. The van der Waals surface area contributed by atoms with E-state index in [0.29, 0.717) is 30.9 Å².